The van der Waals surface area contributed by atoms with Gasteiger partial charge in [-0.3, -0.25) is 0 Å². The Morgan fingerprint density at radius 2 is 2.06 bits per heavy atom. The Kier molecular flexibility index (Phi) is 3.31. The lowest BCUT2D eigenvalue weighted by molar-refractivity contribution is 0.357. The van der Waals surface area contributed by atoms with Crippen molar-refractivity contribution in [2.45, 2.75) is 19.3 Å². The van der Waals surface area contributed by atoms with Crippen LogP contribution >= 0.6 is 0 Å². The SMILES string of the molecule is CC(CN)c1nc(Cc2ccccc2)no1. The molecule has 0 fully saturated rings. The minimum absolute atomic E-state index is 0.122. The summed E-state index contributed by atoms with van der Waals surface area (Å²) in [5.41, 5.74) is 6.71. The standard InChI is InChI=1S/C12H15N3O/c1-9(8-13)12-14-11(15-16-12)7-10-5-3-2-4-6-10/h2-6,9H,7-8,13H2,1H3. The second kappa shape index (κ2) is 4.90. The van der Waals surface area contributed by atoms with Gasteiger partial charge >= 0.3 is 0 Å². The Bertz CT molecular complexity index is 439. The maximum absolute atomic E-state index is 5.54. The van der Waals surface area contributed by atoms with Gasteiger partial charge in [-0.25, -0.2) is 0 Å². The molecule has 2 rings (SSSR count). The van der Waals surface area contributed by atoms with Crippen LogP contribution in [0.2, 0.25) is 0 Å². The van der Waals surface area contributed by atoms with Crippen molar-refractivity contribution in [3.05, 3.63) is 47.6 Å². The molecular formula is C12H15N3O. The van der Waals surface area contributed by atoms with Crippen molar-refractivity contribution in [2.75, 3.05) is 6.54 Å². The van der Waals surface area contributed by atoms with Crippen molar-refractivity contribution in [1.82, 2.24) is 10.1 Å². The molecule has 1 aromatic heterocycles. The van der Waals surface area contributed by atoms with Crippen LogP contribution in [0.15, 0.2) is 34.9 Å². The van der Waals surface area contributed by atoms with Gasteiger partial charge in [0, 0.05) is 18.9 Å². The van der Waals surface area contributed by atoms with E-state index >= 15 is 0 Å². The fraction of sp³-hybridized carbons (Fsp3) is 0.333. The van der Waals surface area contributed by atoms with Crippen LogP contribution < -0.4 is 5.73 Å². The summed E-state index contributed by atoms with van der Waals surface area (Å²) >= 11 is 0. The molecule has 0 aliphatic rings. The molecule has 0 radical (unpaired) electrons. The highest BCUT2D eigenvalue weighted by atomic mass is 16.5. The summed E-state index contributed by atoms with van der Waals surface area (Å²) in [6.07, 6.45) is 0.696. The van der Waals surface area contributed by atoms with E-state index < -0.39 is 0 Å². The molecule has 0 aliphatic heterocycles. The highest BCUT2D eigenvalue weighted by Crippen LogP contribution is 2.12. The first-order chi connectivity index (χ1) is 7.79. The fourth-order valence-corrected chi connectivity index (χ4v) is 1.42. The highest BCUT2D eigenvalue weighted by molar-refractivity contribution is 5.18. The van der Waals surface area contributed by atoms with Gasteiger partial charge in [0.2, 0.25) is 5.89 Å². The average Bonchev–Trinajstić information content (AvgIpc) is 2.78. The zero-order valence-electron chi connectivity index (χ0n) is 9.26. The molecule has 1 atom stereocenters. The number of hydrogen-bond donors (Lipinski definition) is 1. The largest absolute Gasteiger partial charge is 0.339 e. The Balaban J connectivity index is 2.09. The zero-order valence-corrected chi connectivity index (χ0v) is 9.26. The molecule has 0 aliphatic carbocycles. The molecule has 0 bridgehead atoms. The van der Waals surface area contributed by atoms with Gasteiger partial charge in [-0.15, -0.1) is 0 Å². The number of benzene rings is 1. The molecule has 1 unspecified atom stereocenters. The van der Waals surface area contributed by atoms with E-state index in [9.17, 15) is 0 Å². The molecule has 0 saturated heterocycles. The maximum atomic E-state index is 5.54. The van der Waals surface area contributed by atoms with Gasteiger partial charge < -0.3 is 10.3 Å². The predicted octanol–water partition coefficient (Wildman–Crippen LogP) is 1.72. The Labute approximate surface area is 94.5 Å². The summed E-state index contributed by atoms with van der Waals surface area (Å²) in [6, 6.07) is 10.1. The molecule has 2 N–H and O–H groups in total. The highest BCUT2D eigenvalue weighted by Gasteiger charge is 2.12. The fourth-order valence-electron chi connectivity index (χ4n) is 1.42. The van der Waals surface area contributed by atoms with Crippen molar-refractivity contribution in [3.63, 3.8) is 0 Å². The smallest absolute Gasteiger partial charge is 0.230 e. The van der Waals surface area contributed by atoms with Crippen molar-refractivity contribution < 1.29 is 4.52 Å². The van der Waals surface area contributed by atoms with E-state index in [4.69, 9.17) is 10.3 Å². The van der Waals surface area contributed by atoms with Crippen LogP contribution in [-0.2, 0) is 6.42 Å². The third-order valence-corrected chi connectivity index (χ3v) is 2.46. The summed E-state index contributed by atoms with van der Waals surface area (Å²) < 4.78 is 5.15. The lowest BCUT2D eigenvalue weighted by atomic mass is 10.1. The van der Waals surface area contributed by atoms with Crippen molar-refractivity contribution >= 4 is 0 Å². The summed E-state index contributed by atoms with van der Waals surface area (Å²) in [5, 5.41) is 3.94. The van der Waals surface area contributed by atoms with Gasteiger partial charge in [0.05, 0.1) is 0 Å². The number of nitrogens with two attached hydrogens (primary N) is 1. The molecular weight excluding hydrogens is 202 g/mol. The monoisotopic (exact) mass is 217 g/mol. The minimum atomic E-state index is 0.122. The van der Waals surface area contributed by atoms with Gasteiger partial charge in [-0.1, -0.05) is 42.4 Å². The van der Waals surface area contributed by atoms with E-state index in [1.807, 2.05) is 37.3 Å². The number of nitrogens with zero attached hydrogens (tertiary/aromatic N) is 2. The quantitative estimate of drug-likeness (QED) is 0.846. The topological polar surface area (TPSA) is 64.9 Å². The summed E-state index contributed by atoms with van der Waals surface area (Å²) in [4.78, 5) is 4.32. The van der Waals surface area contributed by atoms with E-state index in [-0.39, 0.29) is 5.92 Å². The van der Waals surface area contributed by atoms with E-state index in [0.717, 1.165) is 0 Å². The van der Waals surface area contributed by atoms with Crippen LogP contribution in [0.4, 0.5) is 0 Å². The second-order valence-electron chi connectivity index (χ2n) is 3.85. The molecule has 0 spiro atoms. The van der Waals surface area contributed by atoms with E-state index in [0.29, 0.717) is 24.7 Å². The van der Waals surface area contributed by atoms with Crippen molar-refractivity contribution in [3.8, 4) is 0 Å². The first-order valence-electron chi connectivity index (χ1n) is 5.36. The lowest BCUT2D eigenvalue weighted by Crippen LogP contribution is -2.09. The molecule has 4 heteroatoms. The molecule has 84 valence electrons. The Morgan fingerprint density at radius 3 is 2.75 bits per heavy atom. The van der Waals surface area contributed by atoms with Crippen LogP contribution in [0.5, 0.6) is 0 Å². The maximum Gasteiger partial charge on any atom is 0.230 e. The Hall–Kier alpha value is -1.68. The number of aromatic nitrogens is 2. The third kappa shape index (κ3) is 2.46. The van der Waals surface area contributed by atoms with Crippen LogP contribution in [0, 0.1) is 0 Å². The molecule has 2 aromatic rings. The van der Waals surface area contributed by atoms with E-state index in [1.54, 1.807) is 0 Å². The van der Waals surface area contributed by atoms with Crippen LogP contribution in [-0.4, -0.2) is 16.7 Å². The Morgan fingerprint density at radius 1 is 1.31 bits per heavy atom. The molecule has 1 aromatic carbocycles. The van der Waals surface area contributed by atoms with E-state index in [2.05, 4.69) is 10.1 Å². The first kappa shape index (κ1) is 10.8. The van der Waals surface area contributed by atoms with Gasteiger partial charge in [0.25, 0.3) is 0 Å². The first-order valence-corrected chi connectivity index (χ1v) is 5.36. The van der Waals surface area contributed by atoms with Gasteiger partial charge in [-0.2, -0.15) is 4.98 Å². The molecule has 16 heavy (non-hydrogen) atoms. The van der Waals surface area contributed by atoms with Crippen LogP contribution in [0.3, 0.4) is 0 Å². The molecule has 0 saturated carbocycles. The average molecular weight is 217 g/mol. The zero-order chi connectivity index (χ0) is 11.4. The van der Waals surface area contributed by atoms with Crippen molar-refractivity contribution in [2.24, 2.45) is 5.73 Å². The van der Waals surface area contributed by atoms with Crippen LogP contribution in [0.1, 0.15) is 30.1 Å². The summed E-state index contributed by atoms with van der Waals surface area (Å²) in [5.74, 6) is 1.45. The summed E-state index contributed by atoms with van der Waals surface area (Å²) in [7, 11) is 0. The van der Waals surface area contributed by atoms with Gasteiger partial charge in [0.15, 0.2) is 5.82 Å². The second-order valence-corrected chi connectivity index (χ2v) is 3.85. The predicted molar refractivity (Wildman–Crippen MR) is 61.0 cm³/mol. The third-order valence-electron chi connectivity index (χ3n) is 2.46. The van der Waals surface area contributed by atoms with Crippen molar-refractivity contribution in [1.29, 1.82) is 0 Å². The lowest BCUT2D eigenvalue weighted by Gasteiger charge is -1.98. The van der Waals surface area contributed by atoms with Crippen LogP contribution in [0.25, 0.3) is 0 Å². The molecule has 0 amide bonds. The summed E-state index contributed by atoms with van der Waals surface area (Å²) in [6.45, 7) is 2.49. The minimum Gasteiger partial charge on any atom is -0.339 e. The molecule has 1 heterocycles. The van der Waals surface area contributed by atoms with Gasteiger partial charge in [-0.05, 0) is 5.56 Å². The number of hydrogen-bond acceptors (Lipinski definition) is 4. The van der Waals surface area contributed by atoms with E-state index in [1.165, 1.54) is 5.56 Å². The number of rotatable bonds is 4. The molecule has 4 nitrogen and oxygen atoms in total. The van der Waals surface area contributed by atoms with Gasteiger partial charge in [0.1, 0.15) is 0 Å². The normalized spacial score (nSPS) is 12.6.